The van der Waals surface area contributed by atoms with Gasteiger partial charge in [0.1, 0.15) is 0 Å². The van der Waals surface area contributed by atoms with E-state index in [9.17, 15) is 4.79 Å². The molecule has 0 saturated carbocycles. The Bertz CT molecular complexity index is 554. The van der Waals surface area contributed by atoms with Crippen LogP contribution in [0.25, 0.3) is 0 Å². The van der Waals surface area contributed by atoms with Crippen molar-refractivity contribution in [3.63, 3.8) is 0 Å². The second-order valence-corrected chi connectivity index (χ2v) is 5.89. The number of carboxylic acid groups (broad SMARTS) is 1. The summed E-state index contributed by atoms with van der Waals surface area (Å²) in [5.41, 5.74) is 0.563. The van der Waals surface area contributed by atoms with E-state index < -0.39 is 5.97 Å². The van der Waals surface area contributed by atoms with Gasteiger partial charge in [-0.25, -0.2) is 9.67 Å². The zero-order chi connectivity index (χ0) is 13.7. The molecule has 2 heterocycles. The Morgan fingerprint density at radius 2 is 2.42 bits per heavy atom. The van der Waals surface area contributed by atoms with E-state index in [2.05, 4.69) is 27.4 Å². The van der Waals surface area contributed by atoms with Crippen LogP contribution in [0.15, 0.2) is 14.9 Å². The van der Waals surface area contributed by atoms with Gasteiger partial charge in [0.15, 0.2) is 4.34 Å². The minimum Gasteiger partial charge on any atom is -0.481 e. The average molecular weight is 299 g/mol. The molecule has 2 rings (SSSR count). The lowest BCUT2D eigenvalue weighted by atomic mass is 10.3. The first kappa shape index (κ1) is 13.9. The SMILES string of the molecule is CCCCn1nnnc1Sc1nc(CC(=O)O)cs1. The summed E-state index contributed by atoms with van der Waals surface area (Å²) in [7, 11) is 0. The van der Waals surface area contributed by atoms with Crippen molar-refractivity contribution in [3.8, 4) is 0 Å². The number of thiazole rings is 1. The van der Waals surface area contributed by atoms with Crippen molar-refractivity contribution in [1.29, 1.82) is 0 Å². The number of carboxylic acids is 1. The highest BCUT2D eigenvalue weighted by atomic mass is 32.2. The molecule has 0 aromatic carbocycles. The number of hydrogen-bond acceptors (Lipinski definition) is 7. The number of unbranched alkanes of at least 4 members (excludes halogenated alkanes) is 1. The Morgan fingerprint density at radius 1 is 1.58 bits per heavy atom. The van der Waals surface area contributed by atoms with Crippen molar-refractivity contribution < 1.29 is 9.90 Å². The maximum Gasteiger partial charge on any atom is 0.309 e. The summed E-state index contributed by atoms with van der Waals surface area (Å²) < 4.78 is 2.50. The molecular weight excluding hydrogens is 286 g/mol. The third-order valence-electron chi connectivity index (χ3n) is 2.26. The van der Waals surface area contributed by atoms with Crippen LogP contribution in [0, 0.1) is 0 Å². The molecule has 0 bridgehead atoms. The molecule has 19 heavy (non-hydrogen) atoms. The number of carbonyl (C=O) groups is 1. The second kappa shape index (κ2) is 6.62. The number of rotatable bonds is 7. The van der Waals surface area contributed by atoms with Crippen molar-refractivity contribution in [3.05, 3.63) is 11.1 Å². The Labute approximate surface area is 118 Å². The molecule has 0 aliphatic carbocycles. The average Bonchev–Trinajstić information content (AvgIpc) is 2.96. The minimum absolute atomic E-state index is 0.0577. The first-order chi connectivity index (χ1) is 9.19. The number of aromatic nitrogens is 5. The molecule has 0 saturated heterocycles. The maximum absolute atomic E-state index is 10.6. The normalized spacial score (nSPS) is 10.8. The molecule has 0 atom stereocenters. The monoisotopic (exact) mass is 299 g/mol. The quantitative estimate of drug-likeness (QED) is 0.831. The summed E-state index contributed by atoms with van der Waals surface area (Å²) in [6.45, 7) is 2.88. The lowest BCUT2D eigenvalue weighted by molar-refractivity contribution is -0.136. The third kappa shape index (κ3) is 4.00. The predicted molar refractivity (Wildman–Crippen MR) is 70.3 cm³/mol. The fraction of sp³-hybridized carbons (Fsp3) is 0.500. The topological polar surface area (TPSA) is 93.8 Å². The van der Waals surface area contributed by atoms with Gasteiger partial charge in [-0.05, 0) is 28.6 Å². The van der Waals surface area contributed by atoms with Crippen LogP contribution in [0.5, 0.6) is 0 Å². The van der Waals surface area contributed by atoms with Crippen LogP contribution >= 0.6 is 23.1 Å². The summed E-state index contributed by atoms with van der Waals surface area (Å²) in [4.78, 5) is 14.8. The zero-order valence-electron chi connectivity index (χ0n) is 10.3. The Kier molecular flexibility index (Phi) is 4.86. The van der Waals surface area contributed by atoms with Crippen molar-refractivity contribution in [1.82, 2.24) is 25.2 Å². The number of tetrazole rings is 1. The van der Waals surface area contributed by atoms with Crippen LogP contribution in [0.3, 0.4) is 0 Å². The molecule has 9 heteroatoms. The van der Waals surface area contributed by atoms with Gasteiger partial charge >= 0.3 is 5.97 Å². The van der Waals surface area contributed by atoms with Crippen LogP contribution < -0.4 is 0 Å². The first-order valence-corrected chi connectivity index (χ1v) is 7.49. The summed E-state index contributed by atoms with van der Waals surface area (Å²) in [6, 6.07) is 0. The highest BCUT2D eigenvalue weighted by Gasteiger charge is 2.12. The van der Waals surface area contributed by atoms with Crippen molar-refractivity contribution in [2.45, 2.75) is 42.2 Å². The van der Waals surface area contributed by atoms with E-state index in [4.69, 9.17) is 5.11 Å². The molecule has 7 nitrogen and oxygen atoms in total. The molecule has 0 spiro atoms. The summed E-state index contributed by atoms with van der Waals surface area (Å²) in [5, 5.41) is 22.7. The number of aliphatic carboxylic acids is 1. The molecule has 0 aliphatic heterocycles. The molecule has 2 aromatic heterocycles. The Hall–Kier alpha value is -1.48. The van der Waals surface area contributed by atoms with E-state index in [0.29, 0.717) is 10.9 Å². The van der Waals surface area contributed by atoms with Gasteiger partial charge in [-0.2, -0.15) is 0 Å². The third-order valence-corrected chi connectivity index (χ3v) is 4.23. The highest BCUT2D eigenvalue weighted by Crippen LogP contribution is 2.28. The molecule has 0 amide bonds. The van der Waals surface area contributed by atoms with Crippen molar-refractivity contribution in [2.75, 3.05) is 0 Å². The molecule has 0 fully saturated rings. The Morgan fingerprint density at radius 3 is 3.16 bits per heavy atom. The minimum atomic E-state index is -0.880. The lowest BCUT2D eigenvalue weighted by Gasteiger charge is -2.00. The van der Waals surface area contributed by atoms with Crippen LogP contribution in [0.1, 0.15) is 25.5 Å². The van der Waals surface area contributed by atoms with Crippen LogP contribution in [0.4, 0.5) is 0 Å². The molecule has 1 N–H and O–H groups in total. The van der Waals surface area contributed by atoms with E-state index in [0.717, 1.165) is 23.7 Å². The second-order valence-electron chi connectivity index (χ2n) is 3.82. The van der Waals surface area contributed by atoms with Gasteiger partial charge in [-0.15, -0.1) is 16.4 Å². The largest absolute Gasteiger partial charge is 0.481 e. The van der Waals surface area contributed by atoms with E-state index in [1.807, 2.05) is 0 Å². The molecule has 0 unspecified atom stereocenters. The van der Waals surface area contributed by atoms with Gasteiger partial charge in [-0.1, -0.05) is 13.3 Å². The van der Waals surface area contributed by atoms with E-state index in [1.54, 1.807) is 10.1 Å². The predicted octanol–water partition coefficient (Wildman–Crippen LogP) is 1.71. The Balaban J connectivity index is 2.02. The van der Waals surface area contributed by atoms with Gasteiger partial charge < -0.3 is 5.11 Å². The fourth-order valence-corrected chi connectivity index (χ4v) is 3.10. The number of aryl methyl sites for hydroxylation is 1. The fourth-order valence-electron chi connectivity index (χ4n) is 1.37. The lowest BCUT2D eigenvalue weighted by Crippen LogP contribution is -2.02. The summed E-state index contributed by atoms with van der Waals surface area (Å²) >= 11 is 2.76. The van der Waals surface area contributed by atoms with E-state index >= 15 is 0 Å². The van der Waals surface area contributed by atoms with Gasteiger partial charge in [0.2, 0.25) is 5.16 Å². The molecule has 102 valence electrons. The van der Waals surface area contributed by atoms with Gasteiger partial charge in [0.25, 0.3) is 0 Å². The van der Waals surface area contributed by atoms with Gasteiger partial charge in [0, 0.05) is 11.9 Å². The molecule has 0 radical (unpaired) electrons. The summed E-state index contributed by atoms with van der Waals surface area (Å²) in [6.07, 6.45) is 2.03. The number of hydrogen-bond donors (Lipinski definition) is 1. The van der Waals surface area contributed by atoms with Gasteiger partial charge in [-0.3, -0.25) is 4.79 Å². The number of nitrogens with zero attached hydrogens (tertiary/aromatic N) is 5. The zero-order valence-corrected chi connectivity index (χ0v) is 11.9. The molecule has 0 aliphatic rings. The standard InChI is InChI=1S/C10H13N5O2S2/c1-2-3-4-15-9(12-13-14-15)19-10-11-7(6-18-10)5-8(16)17/h6H,2-5H2,1H3,(H,16,17). The highest BCUT2D eigenvalue weighted by molar-refractivity contribution is 8.00. The van der Waals surface area contributed by atoms with Crippen LogP contribution in [0.2, 0.25) is 0 Å². The van der Waals surface area contributed by atoms with Gasteiger partial charge in [0.05, 0.1) is 12.1 Å². The molecule has 2 aromatic rings. The van der Waals surface area contributed by atoms with Crippen molar-refractivity contribution in [2.24, 2.45) is 0 Å². The smallest absolute Gasteiger partial charge is 0.309 e. The van der Waals surface area contributed by atoms with Crippen LogP contribution in [-0.2, 0) is 17.8 Å². The summed E-state index contributed by atoms with van der Waals surface area (Å²) in [5.74, 6) is -0.880. The van der Waals surface area contributed by atoms with E-state index in [1.165, 1.54) is 23.1 Å². The van der Waals surface area contributed by atoms with Crippen molar-refractivity contribution >= 4 is 29.1 Å². The van der Waals surface area contributed by atoms with Crippen LogP contribution in [-0.4, -0.2) is 36.3 Å². The van der Waals surface area contributed by atoms with E-state index in [-0.39, 0.29) is 6.42 Å². The maximum atomic E-state index is 10.6. The first-order valence-electron chi connectivity index (χ1n) is 5.79. The molecular formula is C10H13N5O2S2.